The van der Waals surface area contributed by atoms with Gasteiger partial charge < -0.3 is 13.9 Å². The van der Waals surface area contributed by atoms with Crippen molar-refractivity contribution in [2.75, 3.05) is 11.8 Å². The molecule has 0 saturated heterocycles. The van der Waals surface area contributed by atoms with Gasteiger partial charge in [0.1, 0.15) is 17.9 Å². The molecule has 0 aliphatic heterocycles. The molecule has 8 nitrogen and oxygen atoms in total. The molecule has 0 aliphatic carbocycles. The van der Waals surface area contributed by atoms with E-state index in [0.29, 0.717) is 28.0 Å². The van der Waals surface area contributed by atoms with E-state index in [-0.39, 0.29) is 17.1 Å². The number of anilines is 1. The summed E-state index contributed by atoms with van der Waals surface area (Å²) in [6.45, 7) is 1.70. The number of fused-ring (bicyclic) bond motifs is 1. The number of nitrogens with one attached hydrogen (secondary N) is 1. The average Bonchev–Trinajstić information content (AvgIpc) is 2.82. The Bertz CT molecular complexity index is 1520. The van der Waals surface area contributed by atoms with Gasteiger partial charge >= 0.3 is 11.6 Å². The Labute approximate surface area is 195 Å². The average molecular weight is 480 g/mol. The van der Waals surface area contributed by atoms with Gasteiger partial charge in [-0.05, 0) is 61.0 Å². The first-order chi connectivity index (χ1) is 16.2. The van der Waals surface area contributed by atoms with Crippen molar-refractivity contribution >= 4 is 32.6 Å². The van der Waals surface area contributed by atoms with E-state index < -0.39 is 21.6 Å². The van der Waals surface area contributed by atoms with Crippen molar-refractivity contribution in [1.82, 2.24) is 0 Å². The molecule has 0 atom stereocenters. The standard InChI is InChI=1S/C25H21NO7S/c1-16-6-11-22-18(14-24(27)33-23(22)12-16)15-32-25(28)17-4-3-5-21(13-17)34(29,30)26-19-7-9-20(31-2)10-8-19/h3-14,26H,15H2,1-2H3. The molecular weight excluding hydrogens is 458 g/mol. The van der Waals surface area contributed by atoms with E-state index in [1.807, 2.05) is 13.0 Å². The molecule has 0 aliphatic rings. The summed E-state index contributed by atoms with van der Waals surface area (Å²) in [7, 11) is -2.43. The van der Waals surface area contributed by atoms with Crippen molar-refractivity contribution in [3.8, 4) is 5.75 Å². The lowest BCUT2D eigenvalue weighted by atomic mass is 10.1. The van der Waals surface area contributed by atoms with E-state index >= 15 is 0 Å². The van der Waals surface area contributed by atoms with Crippen LogP contribution in [0, 0.1) is 6.92 Å². The molecule has 34 heavy (non-hydrogen) atoms. The van der Waals surface area contributed by atoms with E-state index in [2.05, 4.69) is 4.72 Å². The first-order valence-corrected chi connectivity index (χ1v) is 11.7. The molecule has 1 aromatic heterocycles. The van der Waals surface area contributed by atoms with Gasteiger partial charge in [0.2, 0.25) is 0 Å². The predicted molar refractivity (Wildman–Crippen MR) is 127 cm³/mol. The van der Waals surface area contributed by atoms with E-state index in [4.69, 9.17) is 13.9 Å². The molecule has 9 heteroatoms. The second kappa shape index (κ2) is 9.40. The first-order valence-electron chi connectivity index (χ1n) is 10.2. The monoisotopic (exact) mass is 479 g/mol. The predicted octanol–water partition coefficient (Wildman–Crippen LogP) is 4.27. The molecule has 0 unspecified atom stereocenters. The highest BCUT2D eigenvalue weighted by Gasteiger charge is 2.18. The van der Waals surface area contributed by atoms with Crippen LogP contribution in [-0.4, -0.2) is 21.5 Å². The lowest BCUT2D eigenvalue weighted by Gasteiger charge is -2.11. The second-order valence-corrected chi connectivity index (χ2v) is 9.21. The van der Waals surface area contributed by atoms with Gasteiger partial charge in [-0.15, -0.1) is 0 Å². The fourth-order valence-corrected chi connectivity index (χ4v) is 4.45. The Morgan fingerprint density at radius 1 is 1.00 bits per heavy atom. The van der Waals surface area contributed by atoms with Crippen molar-refractivity contribution in [2.24, 2.45) is 0 Å². The minimum Gasteiger partial charge on any atom is -0.497 e. The SMILES string of the molecule is COc1ccc(NS(=O)(=O)c2cccc(C(=O)OCc3cc(=O)oc4cc(C)ccc34)c2)cc1. The van der Waals surface area contributed by atoms with Crippen molar-refractivity contribution in [1.29, 1.82) is 0 Å². The fourth-order valence-electron chi connectivity index (χ4n) is 3.35. The van der Waals surface area contributed by atoms with Crippen LogP contribution < -0.4 is 15.1 Å². The summed E-state index contributed by atoms with van der Waals surface area (Å²) in [5.74, 6) is -0.137. The number of carbonyl (C=O) groups is 1. The van der Waals surface area contributed by atoms with Gasteiger partial charge in [0.05, 0.1) is 17.6 Å². The maximum Gasteiger partial charge on any atom is 0.338 e. The number of hydrogen-bond donors (Lipinski definition) is 1. The molecular formula is C25H21NO7S. The molecule has 0 saturated carbocycles. The Morgan fingerprint density at radius 3 is 2.50 bits per heavy atom. The Kier molecular flexibility index (Phi) is 6.38. The highest BCUT2D eigenvalue weighted by atomic mass is 32.2. The van der Waals surface area contributed by atoms with Crippen LogP contribution in [-0.2, 0) is 21.4 Å². The summed E-state index contributed by atoms with van der Waals surface area (Å²) >= 11 is 0. The summed E-state index contributed by atoms with van der Waals surface area (Å²) in [6, 6.07) is 18.5. The van der Waals surface area contributed by atoms with Gasteiger partial charge in [0.15, 0.2) is 0 Å². The minimum atomic E-state index is -3.95. The summed E-state index contributed by atoms with van der Waals surface area (Å²) in [5.41, 5.74) is 1.66. The molecule has 0 bridgehead atoms. The molecule has 1 N–H and O–H groups in total. The number of ether oxygens (including phenoxy) is 2. The van der Waals surface area contributed by atoms with Crippen LogP contribution in [0.1, 0.15) is 21.5 Å². The van der Waals surface area contributed by atoms with Crippen LogP contribution in [0.3, 0.4) is 0 Å². The molecule has 0 radical (unpaired) electrons. The number of sulfonamides is 1. The number of esters is 1. The van der Waals surface area contributed by atoms with Crippen LogP contribution in [0.25, 0.3) is 11.0 Å². The maximum absolute atomic E-state index is 12.8. The minimum absolute atomic E-state index is 0.0562. The molecule has 4 aromatic rings. The van der Waals surface area contributed by atoms with Crippen LogP contribution in [0.5, 0.6) is 5.75 Å². The van der Waals surface area contributed by atoms with Crippen LogP contribution >= 0.6 is 0 Å². The van der Waals surface area contributed by atoms with Gasteiger partial charge in [-0.25, -0.2) is 18.0 Å². The summed E-state index contributed by atoms with van der Waals surface area (Å²) in [6.07, 6.45) is 0. The zero-order chi connectivity index (χ0) is 24.3. The number of rotatable bonds is 7. The number of aryl methyl sites for hydroxylation is 1. The van der Waals surface area contributed by atoms with E-state index in [0.717, 1.165) is 5.56 Å². The number of methoxy groups -OCH3 is 1. The third kappa shape index (κ3) is 5.10. The molecule has 174 valence electrons. The van der Waals surface area contributed by atoms with Gasteiger partial charge in [-0.3, -0.25) is 4.72 Å². The molecule has 4 rings (SSSR count). The number of carbonyl (C=O) groups excluding carboxylic acids is 1. The lowest BCUT2D eigenvalue weighted by Crippen LogP contribution is -2.14. The lowest BCUT2D eigenvalue weighted by molar-refractivity contribution is 0.0473. The molecule has 3 aromatic carbocycles. The normalized spacial score (nSPS) is 11.2. The topological polar surface area (TPSA) is 112 Å². The van der Waals surface area contributed by atoms with Gasteiger partial charge in [0.25, 0.3) is 10.0 Å². The van der Waals surface area contributed by atoms with E-state index in [1.165, 1.54) is 37.4 Å². The number of benzene rings is 3. The van der Waals surface area contributed by atoms with Crippen molar-refractivity contribution in [3.63, 3.8) is 0 Å². The maximum atomic E-state index is 12.8. The van der Waals surface area contributed by atoms with Crippen LogP contribution in [0.2, 0.25) is 0 Å². The summed E-state index contributed by atoms with van der Waals surface area (Å²) < 4.78 is 43.7. The quantitative estimate of drug-likeness (QED) is 0.311. The van der Waals surface area contributed by atoms with Gasteiger partial charge in [-0.1, -0.05) is 18.2 Å². The smallest absolute Gasteiger partial charge is 0.338 e. The zero-order valence-corrected chi connectivity index (χ0v) is 19.2. The van der Waals surface area contributed by atoms with Crippen molar-refractivity contribution in [3.05, 3.63) is 99.9 Å². The zero-order valence-electron chi connectivity index (χ0n) is 18.4. The fraction of sp³-hybridized carbons (Fsp3) is 0.120. The van der Waals surface area contributed by atoms with Crippen LogP contribution in [0.4, 0.5) is 5.69 Å². The highest BCUT2D eigenvalue weighted by molar-refractivity contribution is 7.92. The third-order valence-electron chi connectivity index (χ3n) is 5.07. The van der Waals surface area contributed by atoms with Crippen molar-refractivity contribution in [2.45, 2.75) is 18.4 Å². The Hall–Kier alpha value is -4.11. The van der Waals surface area contributed by atoms with Gasteiger partial charge in [-0.2, -0.15) is 0 Å². The molecule has 0 spiro atoms. The highest BCUT2D eigenvalue weighted by Crippen LogP contribution is 2.22. The Morgan fingerprint density at radius 2 is 1.76 bits per heavy atom. The third-order valence-corrected chi connectivity index (χ3v) is 6.45. The van der Waals surface area contributed by atoms with Gasteiger partial charge in [0, 0.05) is 22.7 Å². The van der Waals surface area contributed by atoms with Crippen LogP contribution in [0.15, 0.2) is 86.9 Å². The summed E-state index contributed by atoms with van der Waals surface area (Å²) in [5, 5.41) is 0.651. The van der Waals surface area contributed by atoms with E-state index in [1.54, 1.807) is 36.4 Å². The molecule has 0 amide bonds. The van der Waals surface area contributed by atoms with E-state index in [9.17, 15) is 18.0 Å². The molecule has 1 heterocycles. The van der Waals surface area contributed by atoms with Crippen molar-refractivity contribution < 1.29 is 27.1 Å². The summed E-state index contributed by atoms with van der Waals surface area (Å²) in [4.78, 5) is 24.4. The molecule has 0 fully saturated rings. The largest absolute Gasteiger partial charge is 0.497 e. The number of hydrogen-bond acceptors (Lipinski definition) is 7. The second-order valence-electron chi connectivity index (χ2n) is 7.53. The first kappa shape index (κ1) is 23.1. The Balaban J connectivity index is 1.52.